The number of carboxylic acid groups (broad SMARTS) is 2. The van der Waals surface area contributed by atoms with E-state index in [4.69, 9.17) is 9.84 Å². The van der Waals surface area contributed by atoms with E-state index in [0.717, 1.165) is 0 Å². The molecule has 1 aliphatic carbocycles. The van der Waals surface area contributed by atoms with E-state index in [9.17, 15) is 19.5 Å². The van der Waals surface area contributed by atoms with Crippen molar-refractivity contribution in [1.29, 1.82) is 0 Å². The fourth-order valence-electron chi connectivity index (χ4n) is 2.13. The molecular weight excluding hydrogens is 252 g/mol. The lowest BCUT2D eigenvalue weighted by Crippen LogP contribution is -2.35. The summed E-state index contributed by atoms with van der Waals surface area (Å²) in [5.41, 5.74) is -1.05. The second-order valence-corrected chi connectivity index (χ2v) is 4.48. The quantitative estimate of drug-likeness (QED) is 0.730. The van der Waals surface area contributed by atoms with Crippen LogP contribution in [0.4, 0.5) is 0 Å². The summed E-state index contributed by atoms with van der Waals surface area (Å²) in [5.74, 6) is -3.06. The molecule has 0 aromatic rings. The molecule has 0 heterocycles. The third-order valence-corrected chi connectivity index (χ3v) is 2.88. The molecule has 0 aromatic heterocycles. The van der Waals surface area contributed by atoms with Gasteiger partial charge < -0.3 is 14.9 Å². The summed E-state index contributed by atoms with van der Waals surface area (Å²) in [5, 5.41) is 18.4. The number of aliphatic carboxylic acids is 2. The molecule has 104 valence electrons. The van der Waals surface area contributed by atoms with E-state index in [1.54, 1.807) is 13.8 Å². The van der Waals surface area contributed by atoms with Gasteiger partial charge in [-0.15, -0.1) is 0 Å². The van der Waals surface area contributed by atoms with Crippen molar-refractivity contribution in [2.24, 2.45) is 5.41 Å². The summed E-state index contributed by atoms with van der Waals surface area (Å²) in [6, 6.07) is 0. The minimum Gasteiger partial charge on any atom is -0.481 e. The minimum absolute atomic E-state index is 0.0216. The molecule has 0 amide bonds. The van der Waals surface area contributed by atoms with Crippen LogP contribution in [0.15, 0.2) is 23.3 Å². The number of ether oxygens (including phenoxy) is 1. The molecule has 0 aromatic carbocycles. The predicted molar refractivity (Wildman–Crippen MR) is 65.4 cm³/mol. The normalized spacial score (nSPS) is 22.2. The highest BCUT2D eigenvalue weighted by Crippen LogP contribution is 2.38. The number of carbonyl (C=O) groups is 3. The fraction of sp³-hybridized carbons (Fsp3) is 0.462. The first kappa shape index (κ1) is 14.9. The van der Waals surface area contributed by atoms with Gasteiger partial charge in [-0.25, -0.2) is 4.79 Å². The molecule has 1 unspecified atom stereocenters. The lowest BCUT2D eigenvalue weighted by Gasteiger charge is -2.28. The number of carboxylic acids is 2. The smallest absolute Gasteiger partial charge is 0.331 e. The third-order valence-electron chi connectivity index (χ3n) is 2.88. The first-order valence-corrected chi connectivity index (χ1v) is 5.83. The average molecular weight is 268 g/mol. The molecule has 6 nitrogen and oxygen atoms in total. The monoisotopic (exact) mass is 268 g/mol. The number of hydrogen-bond acceptors (Lipinski definition) is 4. The highest BCUT2D eigenvalue weighted by Gasteiger charge is 2.42. The van der Waals surface area contributed by atoms with Gasteiger partial charge in [0.2, 0.25) is 0 Å². The molecule has 1 aliphatic rings. The van der Waals surface area contributed by atoms with E-state index in [0.29, 0.717) is 5.57 Å². The standard InChI is InChI=1S/C13H16O6/c1-3-19-10(14)7-13(12(17)18)5-8(2)4-9(6-13)11(15)16/h4-5H,3,6-7H2,1-2H3,(H,15,16)(H,17,18). The van der Waals surface area contributed by atoms with Crippen LogP contribution in [-0.4, -0.2) is 34.7 Å². The molecule has 1 atom stereocenters. The fourth-order valence-corrected chi connectivity index (χ4v) is 2.13. The second-order valence-electron chi connectivity index (χ2n) is 4.48. The zero-order chi connectivity index (χ0) is 14.6. The maximum absolute atomic E-state index is 11.5. The molecule has 0 saturated carbocycles. The largest absolute Gasteiger partial charge is 0.481 e. The van der Waals surface area contributed by atoms with Gasteiger partial charge >= 0.3 is 17.9 Å². The van der Waals surface area contributed by atoms with Crippen molar-refractivity contribution < 1.29 is 29.3 Å². The Morgan fingerprint density at radius 3 is 2.47 bits per heavy atom. The van der Waals surface area contributed by atoms with Crippen LogP contribution in [0.3, 0.4) is 0 Å². The maximum atomic E-state index is 11.5. The van der Waals surface area contributed by atoms with Gasteiger partial charge in [0.25, 0.3) is 0 Å². The molecule has 0 fully saturated rings. The molecule has 6 heteroatoms. The number of rotatable bonds is 5. The molecule has 0 bridgehead atoms. The first-order chi connectivity index (χ1) is 8.80. The van der Waals surface area contributed by atoms with Crippen molar-refractivity contribution in [1.82, 2.24) is 0 Å². The summed E-state index contributed by atoms with van der Waals surface area (Å²) < 4.78 is 4.75. The molecule has 0 aliphatic heterocycles. The highest BCUT2D eigenvalue weighted by atomic mass is 16.5. The Labute approximate surface area is 110 Å². The molecular formula is C13H16O6. The van der Waals surface area contributed by atoms with Crippen LogP contribution >= 0.6 is 0 Å². The van der Waals surface area contributed by atoms with E-state index in [1.807, 2.05) is 0 Å². The summed E-state index contributed by atoms with van der Waals surface area (Å²) >= 11 is 0. The molecule has 0 spiro atoms. The van der Waals surface area contributed by atoms with Crippen molar-refractivity contribution in [3.63, 3.8) is 0 Å². The van der Waals surface area contributed by atoms with E-state index >= 15 is 0 Å². The van der Waals surface area contributed by atoms with Crippen molar-refractivity contribution in [2.75, 3.05) is 6.61 Å². The van der Waals surface area contributed by atoms with Gasteiger partial charge in [-0.05, 0) is 26.3 Å². The Balaban J connectivity index is 3.09. The molecule has 19 heavy (non-hydrogen) atoms. The molecule has 2 N–H and O–H groups in total. The van der Waals surface area contributed by atoms with Crippen LogP contribution in [0.2, 0.25) is 0 Å². The van der Waals surface area contributed by atoms with Gasteiger partial charge in [-0.1, -0.05) is 11.6 Å². The third kappa shape index (κ3) is 3.43. The summed E-state index contributed by atoms with van der Waals surface area (Å²) in [6.45, 7) is 3.37. The van der Waals surface area contributed by atoms with Crippen molar-refractivity contribution in [3.8, 4) is 0 Å². The Bertz CT molecular complexity index is 474. The Kier molecular flexibility index (Phi) is 4.47. The van der Waals surface area contributed by atoms with Crippen molar-refractivity contribution >= 4 is 17.9 Å². The SMILES string of the molecule is CCOC(=O)CC1(C(=O)O)C=C(C)C=C(C(=O)O)C1. The van der Waals surface area contributed by atoms with Gasteiger partial charge in [0.05, 0.1) is 13.0 Å². The highest BCUT2D eigenvalue weighted by molar-refractivity contribution is 5.92. The summed E-state index contributed by atoms with van der Waals surface area (Å²) in [7, 11) is 0. The zero-order valence-electron chi connectivity index (χ0n) is 10.8. The Hall–Kier alpha value is -2.11. The lowest BCUT2D eigenvalue weighted by atomic mass is 9.74. The number of allylic oxidation sites excluding steroid dienone is 2. The molecule has 1 rings (SSSR count). The van der Waals surface area contributed by atoms with E-state index in [-0.39, 0.29) is 25.0 Å². The minimum atomic E-state index is -1.54. The molecule has 0 radical (unpaired) electrons. The van der Waals surface area contributed by atoms with Crippen molar-refractivity contribution in [2.45, 2.75) is 26.7 Å². The zero-order valence-corrected chi connectivity index (χ0v) is 10.8. The second kappa shape index (κ2) is 5.69. The van der Waals surface area contributed by atoms with Crippen LogP contribution in [0.5, 0.6) is 0 Å². The Morgan fingerprint density at radius 1 is 1.37 bits per heavy atom. The van der Waals surface area contributed by atoms with Crippen LogP contribution < -0.4 is 0 Å². The number of carbonyl (C=O) groups excluding carboxylic acids is 1. The van der Waals surface area contributed by atoms with Crippen LogP contribution in [0.1, 0.15) is 26.7 Å². The van der Waals surface area contributed by atoms with E-state index in [1.165, 1.54) is 12.2 Å². The van der Waals surface area contributed by atoms with Crippen LogP contribution in [0.25, 0.3) is 0 Å². The van der Waals surface area contributed by atoms with Crippen LogP contribution in [0, 0.1) is 5.41 Å². The summed E-state index contributed by atoms with van der Waals surface area (Å²) in [4.78, 5) is 34.0. The predicted octanol–water partition coefficient (Wildman–Crippen LogP) is 1.37. The number of esters is 1. The van der Waals surface area contributed by atoms with Crippen molar-refractivity contribution in [3.05, 3.63) is 23.3 Å². The van der Waals surface area contributed by atoms with Gasteiger partial charge in [-0.2, -0.15) is 0 Å². The summed E-state index contributed by atoms with van der Waals surface area (Å²) in [6.07, 6.45) is 2.22. The molecule has 0 saturated heterocycles. The van der Waals surface area contributed by atoms with E-state index < -0.39 is 23.3 Å². The lowest BCUT2D eigenvalue weighted by molar-refractivity contribution is -0.155. The first-order valence-electron chi connectivity index (χ1n) is 5.83. The number of hydrogen-bond donors (Lipinski definition) is 2. The topological polar surface area (TPSA) is 101 Å². The van der Waals surface area contributed by atoms with Gasteiger partial charge in [0, 0.05) is 5.57 Å². The Morgan fingerprint density at radius 2 is 2.00 bits per heavy atom. The average Bonchev–Trinajstić information content (AvgIpc) is 2.27. The maximum Gasteiger partial charge on any atom is 0.331 e. The van der Waals surface area contributed by atoms with Gasteiger partial charge in [0.1, 0.15) is 5.41 Å². The van der Waals surface area contributed by atoms with Gasteiger partial charge in [-0.3, -0.25) is 9.59 Å². The van der Waals surface area contributed by atoms with Gasteiger partial charge in [0.15, 0.2) is 0 Å². The van der Waals surface area contributed by atoms with Crippen LogP contribution in [-0.2, 0) is 19.1 Å². The van der Waals surface area contributed by atoms with E-state index in [2.05, 4.69) is 0 Å².